The van der Waals surface area contributed by atoms with Crippen LogP contribution in [0.3, 0.4) is 0 Å². The monoisotopic (exact) mass is 574 g/mol. The van der Waals surface area contributed by atoms with Gasteiger partial charge < -0.3 is 20.7 Å². The summed E-state index contributed by atoms with van der Waals surface area (Å²) in [5.41, 5.74) is 8.37. The Morgan fingerprint density at radius 1 is 1.13 bits per heavy atom. The molecule has 210 valence electrons. The lowest BCUT2D eigenvalue weighted by Crippen LogP contribution is -2.53. The molecule has 0 aromatic heterocycles. The molecule has 2 amide bonds. The molecule has 3 N–H and O–H groups in total. The maximum absolute atomic E-state index is 13.9. The first-order valence-electron chi connectivity index (χ1n) is 13.4. The fraction of sp³-hybridized carbons (Fsp3) is 0.483. The summed E-state index contributed by atoms with van der Waals surface area (Å²) in [6.07, 6.45) is 3.25. The van der Waals surface area contributed by atoms with Gasteiger partial charge in [0.1, 0.15) is 6.04 Å². The van der Waals surface area contributed by atoms with Gasteiger partial charge in [-0.2, -0.15) is 0 Å². The molecule has 2 aromatic rings. The summed E-state index contributed by atoms with van der Waals surface area (Å²) in [6.45, 7) is 1.29. The highest BCUT2D eigenvalue weighted by Crippen LogP contribution is 2.30. The summed E-state index contributed by atoms with van der Waals surface area (Å²) in [5, 5.41) is 3.75. The van der Waals surface area contributed by atoms with Crippen LogP contribution in [0.25, 0.3) is 0 Å². The minimum Gasteiger partial charge on any atom is -0.469 e. The molecule has 10 heteroatoms. The molecule has 0 radical (unpaired) electrons. The number of nitrogens with one attached hydrogen (secondary N) is 1. The van der Waals surface area contributed by atoms with Crippen LogP contribution in [0.4, 0.5) is 0 Å². The standard InChI is InChI=1S/C29H36Cl2N4O4/c1-39-27(36)12-11-25(28(37)33-17-20-8-10-23(30)24(31)15-20)34-14-13-22(9-7-19-5-3-2-4-6-19)35-18-21(32)16-26(35)29(34)38/h2-6,8,10,15,21-22,25-26H,7,9,11-14,16-18,32H2,1H3,(H,33,37)/t21-,22?,25-,26+/m1/s1. The SMILES string of the molecule is COC(=O)CC[C@H](C(=O)NCc1ccc(Cl)c(Cl)c1)N1CCC(CCc2ccccc2)N2C[C@H](N)C[C@H]2C1=O. The second-order valence-electron chi connectivity index (χ2n) is 10.3. The van der Waals surface area contributed by atoms with Gasteiger partial charge in [-0.1, -0.05) is 59.6 Å². The first kappa shape index (κ1) is 29.3. The third-order valence-corrected chi connectivity index (χ3v) is 8.44. The van der Waals surface area contributed by atoms with E-state index in [2.05, 4.69) is 22.3 Å². The van der Waals surface area contributed by atoms with Crippen molar-refractivity contribution < 1.29 is 19.1 Å². The van der Waals surface area contributed by atoms with E-state index >= 15 is 0 Å². The van der Waals surface area contributed by atoms with Crippen molar-refractivity contribution >= 4 is 41.0 Å². The topological polar surface area (TPSA) is 105 Å². The van der Waals surface area contributed by atoms with E-state index in [1.165, 1.54) is 12.7 Å². The highest BCUT2D eigenvalue weighted by molar-refractivity contribution is 6.42. The summed E-state index contributed by atoms with van der Waals surface area (Å²) in [7, 11) is 1.31. The number of amides is 2. The molecular formula is C29H36Cl2N4O4. The van der Waals surface area contributed by atoms with Crippen LogP contribution in [-0.2, 0) is 32.1 Å². The maximum Gasteiger partial charge on any atom is 0.305 e. The fourth-order valence-electron chi connectivity index (χ4n) is 5.64. The van der Waals surface area contributed by atoms with Crippen LogP contribution < -0.4 is 11.1 Å². The second-order valence-corrected chi connectivity index (χ2v) is 11.1. The lowest BCUT2D eigenvalue weighted by atomic mass is 10.0. The number of nitrogens with zero attached hydrogens (tertiary/aromatic N) is 2. The zero-order valence-electron chi connectivity index (χ0n) is 22.2. The van der Waals surface area contributed by atoms with E-state index in [0.29, 0.717) is 29.6 Å². The normalized spacial score (nSPS) is 22.2. The van der Waals surface area contributed by atoms with E-state index in [1.54, 1.807) is 23.1 Å². The highest BCUT2D eigenvalue weighted by Gasteiger charge is 2.45. The molecule has 2 aromatic carbocycles. The van der Waals surface area contributed by atoms with Gasteiger partial charge in [0.15, 0.2) is 0 Å². The molecule has 1 unspecified atom stereocenters. The Hall–Kier alpha value is -2.65. The number of aryl methyl sites for hydroxylation is 1. The number of halogens is 2. The van der Waals surface area contributed by atoms with Gasteiger partial charge in [0.2, 0.25) is 11.8 Å². The molecule has 2 aliphatic rings. The Labute approximate surface area is 239 Å². The third-order valence-electron chi connectivity index (χ3n) is 7.70. The van der Waals surface area contributed by atoms with Crippen molar-refractivity contribution in [2.45, 2.75) is 69.2 Å². The summed E-state index contributed by atoms with van der Waals surface area (Å²) in [4.78, 5) is 43.3. The van der Waals surface area contributed by atoms with Crippen molar-refractivity contribution in [1.82, 2.24) is 15.1 Å². The van der Waals surface area contributed by atoms with E-state index in [1.807, 2.05) is 18.2 Å². The molecule has 39 heavy (non-hydrogen) atoms. The Bertz CT molecular complexity index is 1170. The van der Waals surface area contributed by atoms with Crippen molar-refractivity contribution in [1.29, 1.82) is 0 Å². The quantitative estimate of drug-likeness (QED) is 0.420. The van der Waals surface area contributed by atoms with Gasteiger partial charge in [-0.05, 0) is 55.4 Å². The largest absolute Gasteiger partial charge is 0.469 e. The zero-order chi connectivity index (χ0) is 27.9. The number of carbonyl (C=O) groups excluding carboxylic acids is 3. The first-order valence-corrected chi connectivity index (χ1v) is 14.2. The molecule has 4 atom stereocenters. The average molecular weight is 576 g/mol. The second kappa shape index (κ2) is 13.6. The third kappa shape index (κ3) is 7.51. The Balaban J connectivity index is 1.51. The van der Waals surface area contributed by atoms with Gasteiger partial charge in [-0.25, -0.2) is 0 Å². The summed E-state index contributed by atoms with van der Waals surface area (Å²) in [6, 6.07) is 14.3. The molecular weight excluding hydrogens is 539 g/mol. The molecule has 2 saturated heterocycles. The van der Waals surface area contributed by atoms with Gasteiger partial charge >= 0.3 is 5.97 Å². The van der Waals surface area contributed by atoms with Gasteiger partial charge in [0.05, 0.1) is 23.2 Å². The van der Waals surface area contributed by atoms with Crippen LogP contribution in [0.1, 0.15) is 43.2 Å². The smallest absolute Gasteiger partial charge is 0.305 e. The molecule has 0 bridgehead atoms. The van der Waals surface area contributed by atoms with Gasteiger partial charge in [0.25, 0.3) is 0 Å². The van der Waals surface area contributed by atoms with Crippen LogP contribution in [0.5, 0.6) is 0 Å². The average Bonchev–Trinajstić information content (AvgIpc) is 3.28. The molecule has 4 rings (SSSR count). The van der Waals surface area contributed by atoms with Crippen molar-refractivity contribution in [3.8, 4) is 0 Å². The summed E-state index contributed by atoms with van der Waals surface area (Å²) in [5.74, 6) is -0.857. The number of ether oxygens (including phenoxy) is 1. The molecule has 2 fully saturated rings. The number of esters is 1. The number of hydrogen-bond acceptors (Lipinski definition) is 6. The highest BCUT2D eigenvalue weighted by atomic mass is 35.5. The Morgan fingerprint density at radius 3 is 2.62 bits per heavy atom. The molecule has 8 nitrogen and oxygen atoms in total. The van der Waals surface area contributed by atoms with Crippen LogP contribution in [0.2, 0.25) is 10.0 Å². The van der Waals surface area contributed by atoms with Crippen LogP contribution in [0, 0.1) is 0 Å². The molecule has 0 spiro atoms. The van der Waals surface area contributed by atoms with E-state index in [0.717, 1.165) is 24.8 Å². The van der Waals surface area contributed by atoms with Crippen LogP contribution in [-0.4, -0.2) is 72.0 Å². The number of rotatable bonds is 10. The minimum absolute atomic E-state index is 0.0243. The summed E-state index contributed by atoms with van der Waals surface area (Å²) < 4.78 is 4.82. The van der Waals surface area contributed by atoms with Gasteiger partial charge in [0, 0.05) is 38.1 Å². The van der Waals surface area contributed by atoms with Crippen molar-refractivity contribution in [3.05, 3.63) is 69.7 Å². The van der Waals surface area contributed by atoms with Gasteiger partial charge in [-0.3, -0.25) is 19.3 Å². The Morgan fingerprint density at radius 2 is 1.90 bits per heavy atom. The number of methoxy groups -OCH3 is 1. The predicted octanol–water partition coefficient (Wildman–Crippen LogP) is 3.57. The number of carbonyl (C=O) groups is 3. The van der Waals surface area contributed by atoms with Crippen LogP contribution in [0.15, 0.2) is 48.5 Å². The van der Waals surface area contributed by atoms with E-state index in [4.69, 9.17) is 33.7 Å². The van der Waals surface area contributed by atoms with E-state index in [-0.39, 0.29) is 49.3 Å². The molecule has 0 saturated carbocycles. The lowest BCUT2D eigenvalue weighted by Gasteiger charge is -2.32. The number of hydrogen-bond donors (Lipinski definition) is 2. The van der Waals surface area contributed by atoms with Crippen molar-refractivity contribution in [2.24, 2.45) is 5.73 Å². The Kier molecular flexibility index (Phi) is 10.2. The van der Waals surface area contributed by atoms with E-state index in [9.17, 15) is 14.4 Å². The van der Waals surface area contributed by atoms with Crippen molar-refractivity contribution in [3.63, 3.8) is 0 Å². The number of benzene rings is 2. The van der Waals surface area contributed by atoms with Crippen LogP contribution >= 0.6 is 23.2 Å². The maximum atomic E-state index is 13.9. The molecule has 2 aliphatic heterocycles. The number of nitrogens with two attached hydrogens (primary N) is 1. The summed E-state index contributed by atoms with van der Waals surface area (Å²) >= 11 is 12.1. The van der Waals surface area contributed by atoms with E-state index < -0.39 is 12.0 Å². The number of fused-ring (bicyclic) bond motifs is 1. The molecule has 2 heterocycles. The zero-order valence-corrected chi connectivity index (χ0v) is 23.7. The first-order chi connectivity index (χ1) is 18.8. The predicted molar refractivity (Wildman–Crippen MR) is 151 cm³/mol. The fourth-order valence-corrected chi connectivity index (χ4v) is 5.96. The van der Waals surface area contributed by atoms with Crippen molar-refractivity contribution in [2.75, 3.05) is 20.2 Å². The molecule has 0 aliphatic carbocycles. The lowest BCUT2D eigenvalue weighted by molar-refractivity contribution is -0.145. The van der Waals surface area contributed by atoms with Gasteiger partial charge in [-0.15, -0.1) is 0 Å². The minimum atomic E-state index is -0.814.